The fourth-order valence-electron chi connectivity index (χ4n) is 2.33. The third-order valence-corrected chi connectivity index (χ3v) is 3.20. The Labute approximate surface area is 96.9 Å². The lowest BCUT2D eigenvalue weighted by Crippen LogP contribution is -2.42. The molecule has 0 amide bonds. The third kappa shape index (κ3) is 3.94. The Kier molecular flexibility index (Phi) is 5.49. The van der Waals surface area contributed by atoms with E-state index in [-0.39, 0.29) is 6.54 Å². The number of rotatable bonds is 6. The van der Waals surface area contributed by atoms with Gasteiger partial charge in [-0.2, -0.15) is 0 Å². The van der Waals surface area contributed by atoms with Gasteiger partial charge in [-0.1, -0.05) is 6.08 Å². The molecule has 0 unspecified atom stereocenters. The molecule has 0 atom stereocenters. The van der Waals surface area contributed by atoms with Gasteiger partial charge in [0.25, 0.3) is 0 Å². The molecule has 0 aliphatic heterocycles. The minimum Gasteiger partial charge on any atom is -0.480 e. The molecule has 1 N–H and O–H groups in total. The second-order valence-corrected chi connectivity index (χ2v) is 4.28. The Hall–Kier alpha value is -0.870. The fraction of sp³-hybridized carbons (Fsp3) is 0.750. The molecule has 1 fully saturated rings. The van der Waals surface area contributed by atoms with Gasteiger partial charge in [0.1, 0.15) is 0 Å². The summed E-state index contributed by atoms with van der Waals surface area (Å²) in [7, 11) is 1.74. The Morgan fingerprint density at radius 2 is 2.12 bits per heavy atom. The molecule has 1 rings (SSSR count). The first-order chi connectivity index (χ1) is 7.67. The van der Waals surface area contributed by atoms with Gasteiger partial charge >= 0.3 is 5.97 Å². The van der Waals surface area contributed by atoms with Crippen molar-refractivity contribution in [1.82, 2.24) is 4.90 Å². The zero-order chi connectivity index (χ0) is 12.0. The molecule has 1 aliphatic rings. The summed E-state index contributed by atoms with van der Waals surface area (Å²) in [6.45, 7) is 4.43. The maximum Gasteiger partial charge on any atom is 0.317 e. The van der Waals surface area contributed by atoms with Crippen molar-refractivity contribution in [3.05, 3.63) is 12.7 Å². The van der Waals surface area contributed by atoms with E-state index in [0.29, 0.717) is 18.7 Å². The van der Waals surface area contributed by atoms with Gasteiger partial charge in [0, 0.05) is 19.7 Å². The summed E-state index contributed by atoms with van der Waals surface area (Å²) in [4.78, 5) is 12.7. The van der Waals surface area contributed by atoms with Gasteiger partial charge in [0.2, 0.25) is 0 Å². The zero-order valence-electron chi connectivity index (χ0n) is 9.89. The van der Waals surface area contributed by atoms with Crippen LogP contribution in [-0.2, 0) is 9.53 Å². The number of carbonyl (C=O) groups is 1. The average molecular weight is 227 g/mol. The van der Waals surface area contributed by atoms with Crippen LogP contribution in [0.3, 0.4) is 0 Å². The summed E-state index contributed by atoms with van der Waals surface area (Å²) in [5.74, 6) is -0.768. The number of nitrogens with zero attached hydrogens (tertiary/aromatic N) is 1. The number of methoxy groups -OCH3 is 1. The smallest absolute Gasteiger partial charge is 0.317 e. The van der Waals surface area contributed by atoms with Crippen molar-refractivity contribution in [3.63, 3.8) is 0 Å². The molecule has 0 aromatic carbocycles. The van der Waals surface area contributed by atoms with Crippen LogP contribution in [0.1, 0.15) is 25.7 Å². The van der Waals surface area contributed by atoms with Crippen LogP contribution in [0.15, 0.2) is 12.7 Å². The van der Waals surface area contributed by atoms with E-state index < -0.39 is 5.97 Å². The molecule has 0 spiro atoms. The van der Waals surface area contributed by atoms with Gasteiger partial charge in [0.15, 0.2) is 0 Å². The van der Waals surface area contributed by atoms with E-state index in [2.05, 4.69) is 6.58 Å². The van der Waals surface area contributed by atoms with E-state index in [0.717, 1.165) is 25.7 Å². The average Bonchev–Trinajstić information content (AvgIpc) is 2.28. The minimum atomic E-state index is -0.768. The molecule has 0 aromatic rings. The Morgan fingerprint density at radius 1 is 1.50 bits per heavy atom. The largest absolute Gasteiger partial charge is 0.480 e. The summed E-state index contributed by atoms with van der Waals surface area (Å²) in [6, 6.07) is 0.362. The first-order valence-electron chi connectivity index (χ1n) is 5.77. The van der Waals surface area contributed by atoms with Crippen LogP contribution in [0, 0.1) is 0 Å². The number of carboxylic acid groups (broad SMARTS) is 1. The van der Waals surface area contributed by atoms with Crippen molar-refractivity contribution in [2.45, 2.75) is 37.8 Å². The number of hydrogen-bond donors (Lipinski definition) is 1. The Morgan fingerprint density at radius 3 is 2.56 bits per heavy atom. The van der Waals surface area contributed by atoms with E-state index in [9.17, 15) is 4.79 Å². The monoisotopic (exact) mass is 227 g/mol. The van der Waals surface area contributed by atoms with Crippen LogP contribution in [0.25, 0.3) is 0 Å². The Balaban J connectivity index is 2.45. The van der Waals surface area contributed by atoms with Crippen LogP contribution >= 0.6 is 0 Å². The topological polar surface area (TPSA) is 49.8 Å². The second kappa shape index (κ2) is 6.66. The van der Waals surface area contributed by atoms with Crippen LogP contribution < -0.4 is 0 Å². The highest BCUT2D eigenvalue weighted by molar-refractivity contribution is 5.69. The summed E-state index contributed by atoms with van der Waals surface area (Å²) < 4.78 is 5.31. The lowest BCUT2D eigenvalue weighted by molar-refractivity contribution is -0.139. The first-order valence-corrected chi connectivity index (χ1v) is 5.77. The quantitative estimate of drug-likeness (QED) is 0.699. The molecule has 1 aliphatic carbocycles. The molecular weight excluding hydrogens is 206 g/mol. The molecule has 0 aromatic heterocycles. The molecule has 0 bridgehead atoms. The minimum absolute atomic E-state index is 0.105. The van der Waals surface area contributed by atoms with Crippen molar-refractivity contribution in [3.8, 4) is 0 Å². The van der Waals surface area contributed by atoms with Crippen LogP contribution in [-0.4, -0.2) is 48.3 Å². The highest BCUT2D eigenvalue weighted by Crippen LogP contribution is 2.24. The van der Waals surface area contributed by atoms with Crippen LogP contribution in [0.5, 0.6) is 0 Å². The number of aliphatic carboxylic acids is 1. The number of hydrogen-bond acceptors (Lipinski definition) is 3. The lowest BCUT2D eigenvalue weighted by Gasteiger charge is -2.35. The van der Waals surface area contributed by atoms with Gasteiger partial charge in [0.05, 0.1) is 12.6 Å². The van der Waals surface area contributed by atoms with Gasteiger partial charge in [-0.05, 0) is 25.7 Å². The van der Waals surface area contributed by atoms with E-state index in [1.54, 1.807) is 13.2 Å². The molecule has 1 saturated carbocycles. The van der Waals surface area contributed by atoms with E-state index in [1.165, 1.54) is 0 Å². The zero-order valence-corrected chi connectivity index (χ0v) is 9.89. The summed E-state index contributed by atoms with van der Waals surface area (Å²) in [5, 5.41) is 8.84. The van der Waals surface area contributed by atoms with Crippen LogP contribution in [0.4, 0.5) is 0 Å². The Bertz CT molecular complexity index is 234. The predicted octanol–water partition coefficient (Wildman–Crippen LogP) is 1.52. The second-order valence-electron chi connectivity index (χ2n) is 4.28. The summed E-state index contributed by atoms with van der Waals surface area (Å²) in [5.41, 5.74) is 0. The molecule has 92 valence electrons. The standard InChI is InChI=1S/C12H21NO3/c1-3-8-13(9-12(14)15)10-4-6-11(16-2)7-5-10/h3,10-11H,1,4-9H2,2H3,(H,14,15). The van der Waals surface area contributed by atoms with Gasteiger partial charge in [-0.15, -0.1) is 6.58 Å². The van der Waals surface area contributed by atoms with Crippen molar-refractivity contribution < 1.29 is 14.6 Å². The van der Waals surface area contributed by atoms with Crippen molar-refractivity contribution in [2.75, 3.05) is 20.2 Å². The number of ether oxygens (including phenoxy) is 1. The lowest BCUT2D eigenvalue weighted by atomic mass is 9.92. The first kappa shape index (κ1) is 13.2. The van der Waals surface area contributed by atoms with Crippen molar-refractivity contribution in [2.24, 2.45) is 0 Å². The molecule has 16 heavy (non-hydrogen) atoms. The normalized spacial score (nSPS) is 25.6. The third-order valence-electron chi connectivity index (χ3n) is 3.20. The van der Waals surface area contributed by atoms with Crippen molar-refractivity contribution in [1.29, 1.82) is 0 Å². The summed E-state index contributed by atoms with van der Waals surface area (Å²) in [6.07, 6.45) is 6.19. The highest BCUT2D eigenvalue weighted by Gasteiger charge is 2.26. The van der Waals surface area contributed by atoms with Crippen molar-refractivity contribution >= 4 is 5.97 Å². The number of carboxylic acids is 1. The highest BCUT2D eigenvalue weighted by atomic mass is 16.5. The van der Waals surface area contributed by atoms with Crippen LogP contribution in [0.2, 0.25) is 0 Å². The van der Waals surface area contributed by atoms with E-state index in [1.807, 2.05) is 4.90 Å². The molecule has 4 nitrogen and oxygen atoms in total. The maximum absolute atomic E-state index is 10.7. The maximum atomic E-state index is 10.7. The molecule has 0 radical (unpaired) electrons. The molecule has 0 heterocycles. The fourth-order valence-corrected chi connectivity index (χ4v) is 2.33. The molecule has 4 heteroatoms. The van der Waals surface area contributed by atoms with E-state index in [4.69, 9.17) is 9.84 Å². The van der Waals surface area contributed by atoms with Gasteiger partial charge in [-0.3, -0.25) is 9.69 Å². The van der Waals surface area contributed by atoms with Gasteiger partial charge in [-0.25, -0.2) is 0 Å². The van der Waals surface area contributed by atoms with E-state index >= 15 is 0 Å². The summed E-state index contributed by atoms with van der Waals surface area (Å²) >= 11 is 0. The predicted molar refractivity (Wildman–Crippen MR) is 62.5 cm³/mol. The molecular formula is C12H21NO3. The SMILES string of the molecule is C=CCN(CC(=O)O)C1CCC(OC)CC1. The molecule has 0 saturated heterocycles. The van der Waals surface area contributed by atoms with Gasteiger partial charge < -0.3 is 9.84 Å².